The Morgan fingerprint density at radius 2 is 1.71 bits per heavy atom. The zero-order chi connectivity index (χ0) is 15.6. The Balaban J connectivity index is 2.14. The summed E-state index contributed by atoms with van der Waals surface area (Å²) in [6.07, 6.45) is 1.78. The highest BCUT2D eigenvalue weighted by Crippen LogP contribution is 2.15. The van der Waals surface area contributed by atoms with Crippen LogP contribution in [0.3, 0.4) is 0 Å². The van der Waals surface area contributed by atoms with Gasteiger partial charge in [-0.05, 0) is 31.9 Å². The normalized spacial score (nSPS) is 17.0. The topological polar surface area (TPSA) is 66.5 Å². The van der Waals surface area contributed by atoms with Gasteiger partial charge in [0.05, 0.1) is 10.9 Å². The molecule has 2 rings (SSSR count). The van der Waals surface area contributed by atoms with E-state index in [1.165, 1.54) is 6.92 Å². The number of carbonyl (C=O) groups excluding carboxylic acids is 1. The van der Waals surface area contributed by atoms with E-state index in [2.05, 4.69) is 4.72 Å². The van der Waals surface area contributed by atoms with Gasteiger partial charge in [0.25, 0.3) is 0 Å². The minimum atomic E-state index is -4.16. The summed E-state index contributed by atoms with van der Waals surface area (Å²) in [6, 6.07) is 1.01. The summed E-state index contributed by atoms with van der Waals surface area (Å²) >= 11 is 0. The summed E-state index contributed by atoms with van der Waals surface area (Å²) in [5, 5.41) is 0. The third-order valence-corrected chi connectivity index (χ3v) is 4.79. The molecule has 21 heavy (non-hydrogen) atoms. The van der Waals surface area contributed by atoms with E-state index in [4.69, 9.17) is 0 Å². The van der Waals surface area contributed by atoms with E-state index in [-0.39, 0.29) is 5.91 Å². The van der Waals surface area contributed by atoms with Crippen LogP contribution in [-0.2, 0) is 14.8 Å². The van der Waals surface area contributed by atoms with Crippen LogP contribution in [0.4, 0.5) is 8.78 Å². The Bertz CT molecular complexity index is 623. The molecule has 1 amide bonds. The molecule has 0 spiro atoms. The van der Waals surface area contributed by atoms with Gasteiger partial charge in [-0.1, -0.05) is 0 Å². The third kappa shape index (κ3) is 3.76. The number of nitrogens with one attached hydrogen (secondary N) is 1. The van der Waals surface area contributed by atoms with Crippen LogP contribution < -0.4 is 4.72 Å². The zero-order valence-electron chi connectivity index (χ0n) is 11.5. The number of hydrogen-bond donors (Lipinski definition) is 1. The molecule has 1 fully saturated rings. The highest BCUT2D eigenvalue weighted by atomic mass is 32.2. The number of carbonyl (C=O) groups is 1. The molecule has 0 radical (unpaired) electrons. The van der Waals surface area contributed by atoms with E-state index >= 15 is 0 Å². The first-order chi connectivity index (χ1) is 9.79. The van der Waals surface area contributed by atoms with Crippen LogP contribution >= 0.6 is 0 Å². The summed E-state index contributed by atoms with van der Waals surface area (Å²) in [4.78, 5) is 13.1. The van der Waals surface area contributed by atoms with Crippen LogP contribution in [0.5, 0.6) is 0 Å². The monoisotopic (exact) mass is 318 g/mol. The van der Waals surface area contributed by atoms with Gasteiger partial charge in [0.2, 0.25) is 15.9 Å². The van der Waals surface area contributed by atoms with E-state index in [0.717, 1.165) is 12.8 Å². The summed E-state index contributed by atoms with van der Waals surface area (Å²) < 4.78 is 52.4. The largest absolute Gasteiger partial charge is 0.341 e. The second kappa shape index (κ2) is 6.07. The SMILES string of the molecule is CC(NS(=O)(=O)c1cc(F)cc(F)c1)C(=O)N1CCCC1. The van der Waals surface area contributed by atoms with Crippen molar-refractivity contribution in [3.8, 4) is 0 Å². The summed E-state index contributed by atoms with van der Waals surface area (Å²) in [7, 11) is -4.16. The molecule has 5 nitrogen and oxygen atoms in total. The molecule has 1 N–H and O–H groups in total. The molecule has 1 unspecified atom stereocenters. The first-order valence-corrected chi connectivity index (χ1v) is 8.05. The molecule has 1 saturated heterocycles. The number of rotatable bonds is 4. The molecule has 0 bridgehead atoms. The van der Waals surface area contributed by atoms with Gasteiger partial charge in [0.15, 0.2) is 0 Å². The average molecular weight is 318 g/mol. The molecule has 1 atom stereocenters. The lowest BCUT2D eigenvalue weighted by Crippen LogP contribution is -2.45. The molecule has 0 saturated carbocycles. The fourth-order valence-electron chi connectivity index (χ4n) is 2.25. The number of benzene rings is 1. The molecule has 1 aromatic rings. The molecule has 1 aliphatic rings. The number of likely N-dealkylation sites (tertiary alicyclic amines) is 1. The maximum atomic E-state index is 13.1. The average Bonchev–Trinajstić information content (AvgIpc) is 2.89. The fourth-order valence-corrected chi connectivity index (χ4v) is 3.48. The van der Waals surface area contributed by atoms with E-state index in [0.29, 0.717) is 31.3 Å². The van der Waals surface area contributed by atoms with Crippen LogP contribution in [-0.4, -0.2) is 38.4 Å². The summed E-state index contributed by atoms with van der Waals surface area (Å²) in [5.41, 5.74) is 0. The van der Waals surface area contributed by atoms with Gasteiger partial charge in [-0.25, -0.2) is 17.2 Å². The number of amides is 1. The predicted molar refractivity (Wildman–Crippen MR) is 72.0 cm³/mol. The molecule has 1 heterocycles. The molecular formula is C13H16F2N2O3S. The van der Waals surface area contributed by atoms with Crippen LogP contribution in [0.25, 0.3) is 0 Å². The highest BCUT2D eigenvalue weighted by Gasteiger charge is 2.27. The van der Waals surface area contributed by atoms with Crippen molar-refractivity contribution >= 4 is 15.9 Å². The molecule has 1 aromatic carbocycles. The minimum absolute atomic E-state index is 0.340. The maximum absolute atomic E-state index is 13.1. The van der Waals surface area contributed by atoms with Crippen molar-refractivity contribution in [1.82, 2.24) is 9.62 Å². The Hall–Kier alpha value is -1.54. The van der Waals surface area contributed by atoms with Gasteiger partial charge in [-0.3, -0.25) is 4.79 Å². The van der Waals surface area contributed by atoms with Crippen molar-refractivity contribution in [2.75, 3.05) is 13.1 Å². The summed E-state index contributed by atoms with van der Waals surface area (Å²) in [6.45, 7) is 2.60. The minimum Gasteiger partial charge on any atom is -0.341 e. The van der Waals surface area contributed by atoms with Crippen LogP contribution in [0, 0.1) is 11.6 Å². The molecule has 8 heteroatoms. The van der Waals surface area contributed by atoms with Gasteiger partial charge in [0.1, 0.15) is 11.6 Å². The molecule has 1 aliphatic heterocycles. The lowest BCUT2D eigenvalue weighted by atomic mass is 10.3. The Morgan fingerprint density at radius 1 is 1.19 bits per heavy atom. The quantitative estimate of drug-likeness (QED) is 0.909. The Labute approximate surface area is 122 Å². The standard InChI is InChI=1S/C13H16F2N2O3S/c1-9(13(18)17-4-2-3-5-17)16-21(19,20)12-7-10(14)6-11(15)8-12/h6-9,16H,2-5H2,1H3. The molecule has 0 aromatic heterocycles. The van der Waals surface area contributed by atoms with E-state index in [9.17, 15) is 22.0 Å². The zero-order valence-corrected chi connectivity index (χ0v) is 12.3. The van der Waals surface area contributed by atoms with Gasteiger partial charge in [-0.15, -0.1) is 0 Å². The van der Waals surface area contributed by atoms with Crippen molar-refractivity contribution in [2.45, 2.75) is 30.7 Å². The molecule has 116 valence electrons. The van der Waals surface area contributed by atoms with Crippen molar-refractivity contribution in [1.29, 1.82) is 0 Å². The van der Waals surface area contributed by atoms with Crippen molar-refractivity contribution in [3.63, 3.8) is 0 Å². The second-order valence-corrected chi connectivity index (χ2v) is 6.69. The smallest absolute Gasteiger partial charge is 0.241 e. The first kappa shape index (κ1) is 15.8. The van der Waals surface area contributed by atoms with Gasteiger partial charge < -0.3 is 4.90 Å². The van der Waals surface area contributed by atoms with Gasteiger partial charge in [0, 0.05) is 19.2 Å². The highest BCUT2D eigenvalue weighted by molar-refractivity contribution is 7.89. The Kier molecular flexibility index (Phi) is 4.58. The van der Waals surface area contributed by atoms with Crippen LogP contribution in [0.1, 0.15) is 19.8 Å². The van der Waals surface area contributed by atoms with Crippen molar-refractivity contribution < 1.29 is 22.0 Å². The first-order valence-electron chi connectivity index (χ1n) is 6.57. The van der Waals surface area contributed by atoms with Crippen LogP contribution in [0.15, 0.2) is 23.1 Å². The number of halogens is 2. The second-order valence-electron chi connectivity index (χ2n) is 4.98. The third-order valence-electron chi connectivity index (χ3n) is 3.27. The lowest BCUT2D eigenvalue weighted by Gasteiger charge is -2.21. The predicted octanol–water partition coefficient (Wildman–Crippen LogP) is 1.25. The van der Waals surface area contributed by atoms with Gasteiger partial charge in [-0.2, -0.15) is 4.72 Å². The number of nitrogens with zero attached hydrogens (tertiary/aromatic N) is 1. The molecule has 0 aliphatic carbocycles. The lowest BCUT2D eigenvalue weighted by molar-refractivity contribution is -0.131. The molecular weight excluding hydrogens is 302 g/mol. The van der Waals surface area contributed by atoms with Crippen molar-refractivity contribution in [3.05, 3.63) is 29.8 Å². The summed E-state index contributed by atoms with van der Waals surface area (Å²) in [5.74, 6) is -2.32. The van der Waals surface area contributed by atoms with Crippen LogP contribution in [0.2, 0.25) is 0 Å². The van der Waals surface area contributed by atoms with E-state index in [1.807, 2.05) is 0 Å². The fraction of sp³-hybridized carbons (Fsp3) is 0.462. The number of sulfonamides is 1. The maximum Gasteiger partial charge on any atom is 0.241 e. The van der Waals surface area contributed by atoms with E-state index < -0.39 is 32.6 Å². The number of hydrogen-bond acceptors (Lipinski definition) is 3. The van der Waals surface area contributed by atoms with E-state index in [1.54, 1.807) is 4.90 Å². The van der Waals surface area contributed by atoms with Crippen molar-refractivity contribution in [2.24, 2.45) is 0 Å². The Morgan fingerprint density at radius 3 is 2.24 bits per heavy atom. The van der Waals surface area contributed by atoms with Gasteiger partial charge >= 0.3 is 0 Å².